The van der Waals surface area contributed by atoms with Crippen LogP contribution in [-0.4, -0.2) is 23.4 Å². The Kier molecular flexibility index (Phi) is 3.70. The summed E-state index contributed by atoms with van der Waals surface area (Å²) in [4.78, 5) is 3.88. The van der Waals surface area contributed by atoms with Crippen LogP contribution in [0.1, 0.15) is 23.8 Å². The minimum atomic E-state index is 0.356. The number of rotatable bonds is 3. The highest BCUT2D eigenvalue weighted by molar-refractivity contribution is 7.10. The van der Waals surface area contributed by atoms with E-state index in [9.17, 15) is 0 Å². The molecule has 1 fully saturated rings. The highest BCUT2D eigenvalue weighted by Crippen LogP contribution is 2.26. The molecule has 1 saturated heterocycles. The van der Waals surface area contributed by atoms with E-state index in [4.69, 9.17) is 11.6 Å². The molecule has 1 aromatic rings. The predicted octanol–water partition coefficient (Wildman–Crippen LogP) is 3.51. The Labute approximate surface area is 101 Å². The van der Waals surface area contributed by atoms with Crippen molar-refractivity contribution in [2.24, 2.45) is 5.92 Å². The fourth-order valence-electron chi connectivity index (χ4n) is 2.27. The Morgan fingerprint density at radius 1 is 1.53 bits per heavy atom. The van der Waals surface area contributed by atoms with E-state index in [-0.39, 0.29) is 0 Å². The second-order valence-electron chi connectivity index (χ2n) is 4.44. The SMILES string of the molecule is CCC1CN(Cc2csc(C)c2)CC1Cl. The zero-order valence-corrected chi connectivity index (χ0v) is 10.9. The van der Waals surface area contributed by atoms with Gasteiger partial charge >= 0.3 is 0 Å². The summed E-state index contributed by atoms with van der Waals surface area (Å²) in [6, 6.07) is 2.28. The molecule has 1 nitrogen and oxygen atoms in total. The first-order chi connectivity index (χ1) is 7.19. The van der Waals surface area contributed by atoms with Crippen LogP contribution in [-0.2, 0) is 6.54 Å². The van der Waals surface area contributed by atoms with Crippen molar-refractivity contribution in [3.05, 3.63) is 21.9 Å². The molecule has 1 aliphatic heterocycles. The van der Waals surface area contributed by atoms with Gasteiger partial charge in [-0.05, 0) is 29.9 Å². The Balaban J connectivity index is 1.92. The van der Waals surface area contributed by atoms with Gasteiger partial charge < -0.3 is 0 Å². The van der Waals surface area contributed by atoms with Crippen molar-refractivity contribution in [3.63, 3.8) is 0 Å². The zero-order valence-electron chi connectivity index (χ0n) is 9.37. The smallest absolute Gasteiger partial charge is 0.0503 e. The second kappa shape index (κ2) is 4.86. The number of hydrogen-bond acceptors (Lipinski definition) is 2. The Morgan fingerprint density at radius 3 is 2.87 bits per heavy atom. The summed E-state index contributed by atoms with van der Waals surface area (Å²) < 4.78 is 0. The van der Waals surface area contributed by atoms with Gasteiger partial charge in [-0.15, -0.1) is 22.9 Å². The molecule has 0 radical (unpaired) electrons. The maximum Gasteiger partial charge on any atom is 0.0503 e. The van der Waals surface area contributed by atoms with Crippen molar-refractivity contribution in [3.8, 4) is 0 Å². The van der Waals surface area contributed by atoms with Crippen molar-refractivity contribution in [1.82, 2.24) is 4.90 Å². The van der Waals surface area contributed by atoms with Gasteiger partial charge in [0, 0.05) is 24.5 Å². The minimum absolute atomic E-state index is 0.356. The molecule has 15 heavy (non-hydrogen) atoms. The molecule has 0 saturated carbocycles. The highest BCUT2D eigenvalue weighted by Gasteiger charge is 2.29. The van der Waals surface area contributed by atoms with Crippen LogP contribution in [0.15, 0.2) is 11.4 Å². The molecule has 0 N–H and O–H groups in total. The Bertz CT molecular complexity index is 323. The summed E-state index contributed by atoms with van der Waals surface area (Å²) in [5, 5.41) is 2.62. The third-order valence-corrected chi connectivity index (χ3v) is 4.56. The molecule has 2 unspecified atom stereocenters. The van der Waals surface area contributed by atoms with E-state index in [1.165, 1.54) is 23.4 Å². The summed E-state index contributed by atoms with van der Waals surface area (Å²) in [7, 11) is 0. The van der Waals surface area contributed by atoms with Crippen LogP contribution in [0.3, 0.4) is 0 Å². The van der Waals surface area contributed by atoms with Gasteiger partial charge in [0.05, 0.1) is 5.38 Å². The summed E-state index contributed by atoms with van der Waals surface area (Å²) >= 11 is 8.14. The Morgan fingerprint density at radius 2 is 2.33 bits per heavy atom. The molecular weight excluding hydrogens is 226 g/mol. The first kappa shape index (κ1) is 11.4. The molecule has 2 rings (SSSR count). The van der Waals surface area contributed by atoms with Crippen molar-refractivity contribution in [1.29, 1.82) is 0 Å². The number of aryl methyl sites for hydroxylation is 1. The minimum Gasteiger partial charge on any atom is -0.297 e. The van der Waals surface area contributed by atoms with Crippen LogP contribution in [0.4, 0.5) is 0 Å². The van der Waals surface area contributed by atoms with Crippen molar-refractivity contribution >= 4 is 22.9 Å². The van der Waals surface area contributed by atoms with Crippen LogP contribution >= 0.6 is 22.9 Å². The van der Waals surface area contributed by atoms with Crippen molar-refractivity contribution in [2.75, 3.05) is 13.1 Å². The molecule has 0 bridgehead atoms. The average molecular weight is 244 g/mol. The highest BCUT2D eigenvalue weighted by atomic mass is 35.5. The van der Waals surface area contributed by atoms with E-state index in [1.807, 2.05) is 11.3 Å². The number of thiophene rings is 1. The van der Waals surface area contributed by atoms with Gasteiger partial charge in [0.1, 0.15) is 0 Å². The first-order valence-electron chi connectivity index (χ1n) is 5.59. The largest absolute Gasteiger partial charge is 0.297 e. The topological polar surface area (TPSA) is 3.24 Å². The molecule has 1 aromatic heterocycles. The van der Waals surface area contributed by atoms with Crippen LogP contribution in [0.25, 0.3) is 0 Å². The fraction of sp³-hybridized carbons (Fsp3) is 0.667. The van der Waals surface area contributed by atoms with Crippen LogP contribution in [0.2, 0.25) is 0 Å². The predicted molar refractivity (Wildman–Crippen MR) is 67.8 cm³/mol. The lowest BCUT2D eigenvalue weighted by Gasteiger charge is -2.13. The molecular formula is C12H18ClNS. The summed E-state index contributed by atoms with van der Waals surface area (Å²) in [6.45, 7) is 7.69. The summed E-state index contributed by atoms with van der Waals surface area (Å²) in [6.07, 6.45) is 1.20. The van der Waals surface area contributed by atoms with Gasteiger partial charge in [-0.25, -0.2) is 0 Å². The maximum atomic E-state index is 6.31. The lowest BCUT2D eigenvalue weighted by Crippen LogP contribution is -2.20. The van der Waals surface area contributed by atoms with E-state index in [0.717, 1.165) is 13.1 Å². The quantitative estimate of drug-likeness (QED) is 0.735. The molecule has 0 aromatic carbocycles. The Hall–Kier alpha value is -0.0500. The van der Waals surface area contributed by atoms with Crippen LogP contribution in [0, 0.1) is 12.8 Å². The molecule has 0 aliphatic carbocycles. The van der Waals surface area contributed by atoms with E-state index < -0.39 is 0 Å². The fourth-order valence-corrected chi connectivity index (χ4v) is 3.42. The standard InChI is InChI=1S/C12H18ClNS/c1-3-11-6-14(7-12(11)13)5-10-4-9(2)15-8-10/h4,8,11-12H,3,5-7H2,1-2H3. The maximum absolute atomic E-state index is 6.31. The number of nitrogens with zero attached hydrogens (tertiary/aromatic N) is 1. The van der Waals surface area contributed by atoms with Gasteiger partial charge in [-0.1, -0.05) is 13.3 Å². The van der Waals surface area contributed by atoms with Gasteiger partial charge in [0.15, 0.2) is 0 Å². The van der Waals surface area contributed by atoms with Gasteiger partial charge in [0.25, 0.3) is 0 Å². The normalized spacial score (nSPS) is 27.4. The van der Waals surface area contributed by atoms with Crippen LogP contribution in [0.5, 0.6) is 0 Å². The van der Waals surface area contributed by atoms with Crippen molar-refractivity contribution in [2.45, 2.75) is 32.2 Å². The molecule has 2 atom stereocenters. The van der Waals surface area contributed by atoms with Gasteiger partial charge in [-0.3, -0.25) is 4.90 Å². The summed E-state index contributed by atoms with van der Waals surface area (Å²) in [5.41, 5.74) is 1.44. The molecule has 0 amide bonds. The number of alkyl halides is 1. The molecule has 0 spiro atoms. The van der Waals surface area contributed by atoms with E-state index in [0.29, 0.717) is 11.3 Å². The number of likely N-dealkylation sites (tertiary alicyclic amines) is 1. The lowest BCUT2D eigenvalue weighted by atomic mass is 10.1. The zero-order chi connectivity index (χ0) is 10.8. The lowest BCUT2D eigenvalue weighted by molar-refractivity contribution is 0.315. The monoisotopic (exact) mass is 243 g/mol. The average Bonchev–Trinajstić information content (AvgIpc) is 2.73. The van der Waals surface area contributed by atoms with Crippen LogP contribution < -0.4 is 0 Å². The second-order valence-corrected chi connectivity index (χ2v) is 6.12. The molecule has 84 valence electrons. The molecule has 1 aliphatic rings. The van der Waals surface area contributed by atoms with Gasteiger partial charge in [0.2, 0.25) is 0 Å². The third-order valence-electron chi connectivity index (χ3n) is 3.15. The summed E-state index contributed by atoms with van der Waals surface area (Å²) in [5.74, 6) is 0.686. The molecule has 2 heterocycles. The van der Waals surface area contributed by atoms with E-state index >= 15 is 0 Å². The first-order valence-corrected chi connectivity index (χ1v) is 6.91. The van der Waals surface area contributed by atoms with Gasteiger partial charge in [-0.2, -0.15) is 0 Å². The van der Waals surface area contributed by atoms with Crippen molar-refractivity contribution < 1.29 is 0 Å². The molecule has 3 heteroatoms. The van der Waals surface area contributed by atoms with E-state index in [2.05, 4.69) is 30.2 Å². The number of halogens is 1. The van der Waals surface area contributed by atoms with E-state index in [1.54, 1.807) is 0 Å². The number of hydrogen-bond donors (Lipinski definition) is 0. The third kappa shape index (κ3) is 2.74.